The summed E-state index contributed by atoms with van der Waals surface area (Å²) in [6.45, 7) is 0. The van der Waals surface area contributed by atoms with Crippen molar-refractivity contribution in [2.24, 2.45) is 17.8 Å². The Morgan fingerprint density at radius 2 is 1.85 bits per heavy atom. The van der Waals surface area contributed by atoms with E-state index in [4.69, 9.17) is 0 Å². The van der Waals surface area contributed by atoms with Crippen molar-refractivity contribution in [1.82, 2.24) is 0 Å². The zero-order valence-corrected chi connectivity index (χ0v) is 7.83. The number of rotatable bonds is 1. The largest absolute Gasteiger partial charge is 0.469 e. The summed E-state index contributed by atoms with van der Waals surface area (Å²) in [5, 5.41) is 0. The molecule has 2 fully saturated rings. The molecular formula is C10H15FO2. The molecule has 3 heteroatoms. The Bertz CT molecular complexity index is 203. The van der Waals surface area contributed by atoms with Crippen molar-refractivity contribution < 1.29 is 13.9 Å². The summed E-state index contributed by atoms with van der Waals surface area (Å²) in [6.07, 6.45) is 2.66. The number of alkyl halides is 1. The molecule has 0 N–H and O–H groups in total. The van der Waals surface area contributed by atoms with E-state index in [1.165, 1.54) is 7.11 Å². The van der Waals surface area contributed by atoms with Gasteiger partial charge < -0.3 is 4.74 Å². The molecule has 0 heterocycles. The first kappa shape index (κ1) is 8.97. The highest BCUT2D eigenvalue weighted by molar-refractivity contribution is 5.72. The van der Waals surface area contributed by atoms with Crippen molar-refractivity contribution in [3.05, 3.63) is 0 Å². The Kier molecular flexibility index (Phi) is 2.26. The van der Waals surface area contributed by atoms with Gasteiger partial charge in [0.15, 0.2) is 0 Å². The molecule has 2 aliphatic carbocycles. The molecule has 0 saturated heterocycles. The fourth-order valence-electron chi connectivity index (χ4n) is 2.81. The van der Waals surface area contributed by atoms with Crippen molar-refractivity contribution in [1.29, 1.82) is 0 Å². The van der Waals surface area contributed by atoms with Gasteiger partial charge in [0, 0.05) is 0 Å². The number of ether oxygens (including phenoxy) is 1. The lowest BCUT2D eigenvalue weighted by Gasteiger charge is -2.28. The number of esters is 1. The minimum absolute atomic E-state index is 0.0329. The number of halogens is 1. The van der Waals surface area contributed by atoms with Crippen LogP contribution in [0.1, 0.15) is 25.7 Å². The van der Waals surface area contributed by atoms with Crippen molar-refractivity contribution in [3.8, 4) is 0 Å². The summed E-state index contributed by atoms with van der Waals surface area (Å²) in [5.74, 6) is 0.0731. The van der Waals surface area contributed by atoms with Crippen molar-refractivity contribution in [2.75, 3.05) is 7.11 Å². The highest BCUT2D eigenvalue weighted by atomic mass is 19.1. The zero-order chi connectivity index (χ0) is 9.42. The molecule has 2 bridgehead atoms. The van der Waals surface area contributed by atoms with Gasteiger partial charge in [-0.05, 0) is 37.5 Å². The molecule has 0 spiro atoms. The summed E-state index contributed by atoms with van der Waals surface area (Å²) < 4.78 is 18.1. The third-order valence-corrected chi connectivity index (χ3v) is 3.52. The molecule has 0 aromatic rings. The number of hydrogen-bond acceptors (Lipinski definition) is 2. The fraction of sp³-hybridized carbons (Fsp3) is 0.900. The van der Waals surface area contributed by atoms with Gasteiger partial charge in [-0.25, -0.2) is 4.39 Å². The van der Waals surface area contributed by atoms with Crippen LogP contribution in [0.25, 0.3) is 0 Å². The third-order valence-electron chi connectivity index (χ3n) is 3.52. The SMILES string of the molecule is COC(=O)C1C[C@H]2CC[C@H](C1)C2F. The van der Waals surface area contributed by atoms with E-state index in [9.17, 15) is 9.18 Å². The lowest BCUT2D eigenvalue weighted by molar-refractivity contribution is -0.148. The summed E-state index contributed by atoms with van der Waals surface area (Å²) in [5.41, 5.74) is 0. The van der Waals surface area contributed by atoms with E-state index in [1.807, 2.05) is 0 Å². The Morgan fingerprint density at radius 3 is 2.31 bits per heavy atom. The van der Waals surface area contributed by atoms with Crippen LogP contribution in [0.4, 0.5) is 4.39 Å². The van der Waals surface area contributed by atoms with E-state index in [-0.39, 0.29) is 23.7 Å². The number of carbonyl (C=O) groups excluding carboxylic acids is 1. The second-order valence-electron chi connectivity index (χ2n) is 4.23. The Labute approximate surface area is 77.5 Å². The van der Waals surface area contributed by atoms with Gasteiger partial charge in [0.05, 0.1) is 13.0 Å². The minimum Gasteiger partial charge on any atom is -0.469 e. The summed E-state index contributed by atoms with van der Waals surface area (Å²) in [6, 6.07) is 0. The normalized spacial score (nSPS) is 43.2. The maximum Gasteiger partial charge on any atom is 0.308 e. The monoisotopic (exact) mass is 186 g/mol. The lowest BCUT2D eigenvalue weighted by atomic mass is 9.80. The molecule has 0 amide bonds. The average molecular weight is 186 g/mol. The van der Waals surface area contributed by atoms with Crippen LogP contribution in [0.2, 0.25) is 0 Å². The summed E-state index contributed by atoms with van der Waals surface area (Å²) in [7, 11) is 1.41. The minimum atomic E-state index is -0.652. The van der Waals surface area contributed by atoms with Crippen LogP contribution in [0.3, 0.4) is 0 Å². The van der Waals surface area contributed by atoms with Crippen molar-refractivity contribution >= 4 is 5.97 Å². The first-order valence-electron chi connectivity index (χ1n) is 4.94. The van der Waals surface area contributed by atoms with Crippen LogP contribution < -0.4 is 0 Å². The first-order chi connectivity index (χ1) is 6.22. The predicted octanol–water partition coefficient (Wildman–Crippen LogP) is 1.93. The van der Waals surface area contributed by atoms with Gasteiger partial charge in [-0.1, -0.05) is 0 Å². The van der Waals surface area contributed by atoms with Crippen LogP contribution in [0.15, 0.2) is 0 Å². The summed E-state index contributed by atoms with van der Waals surface area (Å²) in [4.78, 5) is 11.2. The number of fused-ring (bicyclic) bond motifs is 2. The number of carbonyl (C=O) groups is 1. The molecule has 2 aliphatic rings. The highest BCUT2D eigenvalue weighted by Crippen LogP contribution is 2.46. The van der Waals surface area contributed by atoms with Gasteiger partial charge >= 0.3 is 5.97 Å². The van der Waals surface area contributed by atoms with E-state index in [2.05, 4.69) is 4.74 Å². The Hall–Kier alpha value is -0.600. The second kappa shape index (κ2) is 3.28. The second-order valence-corrected chi connectivity index (χ2v) is 4.23. The molecule has 2 saturated carbocycles. The molecule has 13 heavy (non-hydrogen) atoms. The van der Waals surface area contributed by atoms with Gasteiger partial charge in [0.2, 0.25) is 0 Å². The summed E-state index contributed by atoms with van der Waals surface area (Å²) >= 11 is 0. The molecule has 2 atom stereocenters. The van der Waals surface area contributed by atoms with Crippen LogP contribution in [-0.2, 0) is 9.53 Å². The van der Waals surface area contributed by atoms with Crippen molar-refractivity contribution in [3.63, 3.8) is 0 Å². The fourth-order valence-corrected chi connectivity index (χ4v) is 2.81. The molecule has 0 unspecified atom stereocenters. The quantitative estimate of drug-likeness (QED) is 0.585. The molecule has 2 rings (SSSR count). The molecular weight excluding hydrogens is 171 g/mol. The van der Waals surface area contributed by atoms with E-state index in [1.54, 1.807) is 0 Å². The topological polar surface area (TPSA) is 26.3 Å². The molecule has 0 aromatic carbocycles. The Balaban J connectivity index is 2.02. The van der Waals surface area contributed by atoms with Crippen LogP contribution in [0, 0.1) is 17.8 Å². The van der Waals surface area contributed by atoms with Crippen molar-refractivity contribution in [2.45, 2.75) is 31.9 Å². The van der Waals surface area contributed by atoms with E-state index < -0.39 is 6.17 Å². The maximum atomic E-state index is 13.4. The molecule has 0 aromatic heterocycles. The van der Waals surface area contributed by atoms with Gasteiger partial charge in [0.1, 0.15) is 6.17 Å². The number of hydrogen-bond donors (Lipinski definition) is 0. The molecule has 0 aliphatic heterocycles. The zero-order valence-electron chi connectivity index (χ0n) is 7.83. The molecule has 0 radical (unpaired) electrons. The van der Waals surface area contributed by atoms with Crippen LogP contribution in [0.5, 0.6) is 0 Å². The predicted molar refractivity (Wildman–Crippen MR) is 45.9 cm³/mol. The lowest BCUT2D eigenvalue weighted by Crippen LogP contribution is -2.31. The van der Waals surface area contributed by atoms with E-state index in [0.717, 1.165) is 12.8 Å². The van der Waals surface area contributed by atoms with Gasteiger partial charge in [-0.15, -0.1) is 0 Å². The highest BCUT2D eigenvalue weighted by Gasteiger charge is 2.45. The standard InChI is InChI=1S/C10H15FO2/c1-13-10(12)8-4-6-2-3-7(5-8)9(6)11/h6-9H,2-5H2,1H3/t6-,7-,8?,9?/m1/s1. The van der Waals surface area contributed by atoms with Crippen LogP contribution >= 0.6 is 0 Å². The van der Waals surface area contributed by atoms with Gasteiger partial charge in [0.25, 0.3) is 0 Å². The molecule has 2 nitrogen and oxygen atoms in total. The average Bonchev–Trinajstić information content (AvgIpc) is 2.42. The number of methoxy groups -OCH3 is 1. The third kappa shape index (κ3) is 1.45. The smallest absolute Gasteiger partial charge is 0.308 e. The first-order valence-corrected chi connectivity index (χ1v) is 4.94. The van der Waals surface area contributed by atoms with Gasteiger partial charge in [-0.2, -0.15) is 0 Å². The van der Waals surface area contributed by atoms with E-state index >= 15 is 0 Å². The van der Waals surface area contributed by atoms with E-state index in [0.29, 0.717) is 12.8 Å². The molecule has 74 valence electrons. The van der Waals surface area contributed by atoms with Gasteiger partial charge in [-0.3, -0.25) is 4.79 Å². The van der Waals surface area contributed by atoms with Crippen LogP contribution in [-0.4, -0.2) is 19.3 Å². The Morgan fingerprint density at radius 1 is 1.31 bits per heavy atom. The maximum absolute atomic E-state index is 13.4.